The Balaban J connectivity index is 1.13. The molecule has 1 aromatic heterocycles. The number of likely N-dealkylation sites (tertiary alicyclic amines) is 1. The summed E-state index contributed by atoms with van der Waals surface area (Å²) >= 11 is 0. The van der Waals surface area contributed by atoms with E-state index in [4.69, 9.17) is 7.48 Å². The van der Waals surface area contributed by atoms with Gasteiger partial charge in [-0.25, -0.2) is 0 Å². The van der Waals surface area contributed by atoms with Gasteiger partial charge in [0, 0.05) is 59.3 Å². The molecular weight excluding hydrogens is 414 g/mol. The van der Waals surface area contributed by atoms with Crippen molar-refractivity contribution in [3.63, 3.8) is 0 Å². The lowest BCUT2D eigenvalue weighted by atomic mass is 10.00. The third-order valence-corrected chi connectivity index (χ3v) is 7.14. The Morgan fingerprint density at radius 1 is 1.09 bits per heavy atom. The van der Waals surface area contributed by atoms with Gasteiger partial charge in [-0.3, -0.25) is 4.79 Å². The van der Waals surface area contributed by atoms with Crippen LogP contribution in [0.5, 0.6) is 0 Å². The first kappa shape index (κ1) is 19.9. The first-order valence-electron chi connectivity index (χ1n) is 13.3. The highest BCUT2D eigenvalue weighted by atomic mass is 16.5. The van der Waals surface area contributed by atoms with Gasteiger partial charge in [0.25, 0.3) is 0 Å². The van der Waals surface area contributed by atoms with Crippen molar-refractivity contribution in [2.75, 3.05) is 43.4 Å². The quantitative estimate of drug-likeness (QED) is 0.661. The molecule has 1 aliphatic carbocycles. The van der Waals surface area contributed by atoms with Gasteiger partial charge >= 0.3 is 0 Å². The Bertz CT molecular complexity index is 997. The molecule has 0 spiro atoms. The third-order valence-electron chi connectivity index (χ3n) is 7.14. The van der Waals surface area contributed by atoms with Gasteiger partial charge in [-0.1, -0.05) is 19.1 Å². The molecule has 3 aliphatic rings. The zero-order chi connectivity index (χ0) is 24.4. The van der Waals surface area contributed by atoms with Crippen LogP contribution < -0.4 is 10.6 Å². The van der Waals surface area contributed by atoms with Crippen molar-refractivity contribution in [1.82, 2.24) is 15.1 Å². The molecule has 3 atom stereocenters. The topological polar surface area (TPSA) is 79.4 Å². The summed E-state index contributed by atoms with van der Waals surface area (Å²) in [4.78, 5) is 13.6. The van der Waals surface area contributed by atoms with Gasteiger partial charge in [-0.2, -0.15) is 0 Å². The molecule has 5 rings (SSSR count). The van der Waals surface area contributed by atoms with Gasteiger partial charge in [0.1, 0.15) is 5.82 Å². The summed E-state index contributed by atoms with van der Waals surface area (Å²) < 4.78 is 22.9. The van der Waals surface area contributed by atoms with Crippen LogP contribution in [0.4, 0.5) is 11.5 Å². The number of amides is 1. The van der Waals surface area contributed by atoms with Crippen LogP contribution in [0.15, 0.2) is 36.4 Å². The van der Waals surface area contributed by atoms with E-state index in [1.807, 2.05) is 43.3 Å². The number of aromatic nitrogens is 2. The molecule has 2 N–H and O–H groups in total. The minimum atomic E-state index is -1.24. The summed E-state index contributed by atoms with van der Waals surface area (Å²) in [6.45, 7) is 3.63. The maximum absolute atomic E-state index is 11.5. The smallest absolute Gasteiger partial charge is 0.224 e. The Morgan fingerprint density at radius 2 is 1.82 bits per heavy atom. The number of anilines is 2. The Morgan fingerprint density at radius 3 is 2.45 bits per heavy atom. The fourth-order valence-corrected chi connectivity index (χ4v) is 5.35. The Hall–Kier alpha value is -2.51. The van der Waals surface area contributed by atoms with Gasteiger partial charge in [-0.15, -0.1) is 10.2 Å². The summed E-state index contributed by atoms with van der Waals surface area (Å²) in [5.74, 6) is 1.90. The van der Waals surface area contributed by atoms with Crippen LogP contribution in [-0.2, 0) is 9.53 Å². The Labute approximate surface area is 199 Å². The molecule has 2 aliphatic heterocycles. The fraction of sp³-hybridized carbons (Fsp3) is 0.577. The van der Waals surface area contributed by atoms with Crippen molar-refractivity contribution >= 4 is 17.4 Å². The summed E-state index contributed by atoms with van der Waals surface area (Å²) in [6, 6.07) is 11.9. The third kappa shape index (κ3) is 5.53. The lowest BCUT2D eigenvalue weighted by Gasteiger charge is -2.27. The number of ether oxygens (including phenoxy) is 1. The van der Waals surface area contributed by atoms with Crippen molar-refractivity contribution in [3.8, 4) is 11.3 Å². The lowest BCUT2D eigenvalue weighted by Crippen LogP contribution is -2.32. The average molecular weight is 452 g/mol. The van der Waals surface area contributed by atoms with E-state index in [0.29, 0.717) is 37.5 Å². The number of nitrogens with zero attached hydrogens (tertiary/aromatic N) is 3. The number of carbonyl (C=O) groups is 1. The molecule has 0 bridgehead atoms. The normalized spacial score (nSPS) is 27.0. The van der Waals surface area contributed by atoms with Crippen LogP contribution in [-0.4, -0.2) is 59.8 Å². The molecule has 7 heteroatoms. The maximum atomic E-state index is 11.5. The average Bonchev–Trinajstić information content (AvgIpc) is 3.45. The van der Waals surface area contributed by atoms with E-state index in [1.165, 1.54) is 0 Å². The molecule has 7 nitrogen and oxygen atoms in total. The van der Waals surface area contributed by atoms with Crippen molar-refractivity contribution in [2.24, 2.45) is 17.8 Å². The number of benzene rings is 1. The molecule has 1 saturated carbocycles. The monoisotopic (exact) mass is 451 g/mol. The van der Waals surface area contributed by atoms with Crippen molar-refractivity contribution in [3.05, 3.63) is 36.4 Å². The molecule has 3 fully saturated rings. The number of nitrogens with one attached hydrogen (secondary N) is 2. The minimum absolute atomic E-state index is 0.00485. The highest BCUT2D eigenvalue weighted by Crippen LogP contribution is 2.39. The van der Waals surface area contributed by atoms with E-state index in [1.54, 1.807) is 0 Å². The summed E-state index contributed by atoms with van der Waals surface area (Å²) in [5.41, 5.74) is 2.52. The second-order valence-electron chi connectivity index (χ2n) is 9.54. The van der Waals surface area contributed by atoms with Crippen LogP contribution in [0.1, 0.15) is 41.8 Å². The summed E-state index contributed by atoms with van der Waals surface area (Å²) in [6.07, 6.45) is 4.17. The van der Waals surface area contributed by atoms with Crippen molar-refractivity contribution < 1.29 is 12.3 Å². The van der Waals surface area contributed by atoms with E-state index in [-0.39, 0.29) is 11.8 Å². The minimum Gasteiger partial charge on any atom is -0.381 e. The van der Waals surface area contributed by atoms with Gasteiger partial charge in [0.2, 0.25) is 5.91 Å². The molecule has 1 unspecified atom stereocenters. The molecule has 33 heavy (non-hydrogen) atoms. The number of hydrogen-bond donors (Lipinski definition) is 2. The van der Waals surface area contributed by atoms with Crippen molar-refractivity contribution in [2.45, 2.75) is 45.1 Å². The summed E-state index contributed by atoms with van der Waals surface area (Å²) in [5, 5.41) is 15.2. The standard InChI is InChI=1S/C26H35N5O2/c1-2-26(32)28-22-5-3-19(4-6-22)24-7-8-25(30-29-24)27-23-13-20-16-31(17-21(20)14-23)15-18-9-11-33-12-10-18/h3-8,18,20-21,23H,2,9-17H2,1H3,(H,27,30)(H,28,32)/t20-,21+,23?/i15D2. The number of hydrogen-bond acceptors (Lipinski definition) is 6. The molecular formula is C26H35N5O2. The SMILES string of the molecule is [2H]C([2H])(C1CCOCC1)N1C[C@H]2CC(Nc3ccc(-c4ccc(NC(=O)CC)cc4)nn3)C[C@H]2C1. The highest BCUT2D eigenvalue weighted by molar-refractivity contribution is 5.90. The predicted octanol–water partition coefficient (Wildman–Crippen LogP) is 4.04. The van der Waals surface area contributed by atoms with Crippen LogP contribution in [0, 0.1) is 17.8 Å². The summed E-state index contributed by atoms with van der Waals surface area (Å²) in [7, 11) is 0. The van der Waals surface area contributed by atoms with Crippen LogP contribution in [0.2, 0.25) is 0 Å². The lowest BCUT2D eigenvalue weighted by molar-refractivity contribution is -0.115. The van der Waals surface area contributed by atoms with Gasteiger partial charge < -0.3 is 20.3 Å². The van der Waals surface area contributed by atoms with E-state index in [0.717, 1.165) is 61.5 Å². The van der Waals surface area contributed by atoms with E-state index in [2.05, 4.69) is 25.7 Å². The second kappa shape index (κ2) is 10.2. The van der Waals surface area contributed by atoms with Crippen LogP contribution in [0.3, 0.4) is 0 Å². The van der Waals surface area contributed by atoms with Gasteiger partial charge in [-0.05, 0) is 67.7 Å². The van der Waals surface area contributed by atoms with Crippen LogP contribution in [0.25, 0.3) is 11.3 Å². The molecule has 1 aromatic carbocycles. The zero-order valence-electron chi connectivity index (χ0n) is 21.3. The highest BCUT2D eigenvalue weighted by Gasteiger charge is 2.41. The molecule has 2 saturated heterocycles. The number of rotatable bonds is 7. The zero-order valence-corrected chi connectivity index (χ0v) is 19.3. The number of carbonyl (C=O) groups excluding carboxylic acids is 1. The first-order chi connectivity index (χ1) is 16.9. The fourth-order valence-electron chi connectivity index (χ4n) is 5.35. The van der Waals surface area contributed by atoms with Gasteiger partial charge in [0.15, 0.2) is 0 Å². The predicted molar refractivity (Wildman–Crippen MR) is 130 cm³/mol. The van der Waals surface area contributed by atoms with Crippen LogP contribution >= 0.6 is 0 Å². The molecule has 1 amide bonds. The van der Waals surface area contributed by atoms with Gasteiger partial charge in [0.05, 0.1) is 5.69 Å². The number of fused-ring (bicyclic) bond motifs is 1. The van der Waals surface area contributed by atoms with E-state index in [9.17, 15) is 4.79 Å². The van der Waals surface area contributed by atoms with E-state index >= 15 is 0 Å². The van der Waals surface area contributed by atoms with E-state index < -0.39 is 6.50 Å². The second-order valence-corrected chi connectivity index (χ2v) is 9.54. The first-order valence-corrected chi connectivity index (χ1v) is 12.3. The largest absolute Gasteiger partial charge is 0.381 e. The molecule has 0 radical (unpaired) electrons. The molecule has 2 aromatic rings. The maximum Gasteiger partial charge on any atom is 0.224 e. The van der Waals surface area contributed by atoms with Crippen molar-refractivity contribution in [1.29, 1.82) is 0 Å². The Kier molecular flexibility index (Phi) is 6.14. The molecule has 3 heterocycles. The molecule has 176 valence electrons.